The Hall–Kier alpha value is -1.59. The second-order valence-corrected chi connectivity index (χ2v) is 5.96. The first kappa shape index (κ1) is 19.5. The van der Waals surface area contributed by atoms with Gasteiger partial charge in [0.25, 0.3) is 0 Å². The molecule has 5 nitrogen and oxygen atoms in total. The number of nitrogens with one attached hydrogen (secondary N) is 2. The number of piperidine rings is 1. The molecule has 23 heavy (non-hydrogen) atoms. The molecule has 0 radical (unpaired) electrons. The molecular weight excluding hydrogens is 314 g/mol. The SMILES string of the molecule is Cc1cccc(NC(=O)CC(=O)N(C)C2CCNCC2)c1C.Cl. The second-order valence-electron chi connectivity index (χ2n) is 5.96. The van der Waals surface area contributed by atoms with Crippen LogP contribution in [0.15, 0.2) is 18.2 Å². The molecule has 1 aliphatic rings. The highest BCUT2D eigenvalue weighted by atomic mass is 35.5. The van der Waals surface area contributed by atoms with Crippen molar-refractivity contribution < 1.29 is 9.59 Å². The average Bonchev–Trinajstić information content (AvgIpc) is 2.52. The van der Waals surface area contributed by atoms with Crippen molar-refractivity contribution in [3.8, 4) is 0 Å². The molecule has 1 aromatic carbocycles. The summed E-state index contributed by atoms with van der Waals surface area (Å²) in [5.74, 6) is -0.366. The fraction of sp³-hybridized carbons (Fsp3) is 0.529. The van der Waals surface area contributed by atoms with Crippen molar-refractivity contribution in [3.63, 3.8) is 0 Å². The third kappa shape index (κ3) is 5.22. The van der Waals surface area contributed by atoms with Gasteiger partial charge in [0.15, 0.2) is 0 Å². The van der Waals surface area contributed by atoms with Crippen LogP contribution in [0.4, 0.5) is 5.69 Å². The molecule has 1 aromatic rings. The first-order valence-electron chi connectivity index (χ1n) is 7.81. The Bertz CT molecular complexity index is 557. The van der Waals surface area contributed by atoms with Crippen LogP contribution in [-0.4, -0.2) is 42.9 Å². The van der Waals surface area contributed by atoms with Gasteiger partial charge in [-0.15, -0.1) is 12.4 Å². The lowest BCUT2D eigenvalue weighted by Crippen LogP contribution is -2.44. The Morgan fingerprint density at radius 1 is 1.26 bits per heavy atom. The van der Waals surface area contributed by atoms with Crippen LogP contribution in [0.1, 0.15) is 30.4 Å². The predicted octanol–water partition coefficient (Wildman–Crippen LogP) is 2.26. The number of halogens is 1. The minimum Gasteiger partial charge on any atom is -0.342 e. The summed E-state index contributed by atoms with van der Waals surface area (Å²) in [7, 11) is 1.80. The summed E-state index contributed by atoms with van der Waals surface area (Å²) in [6.07, 6.45) is 1.79. The Morgan fingerprint density at radius 3 is 2.57 bits per heavy atom. The molecule has 0 unspecified atom stereocenters. The van der Waals surface area contributed by atoms with E-state index in [1.165, 1.54) is 0 Å². The highest BCUT2D eigenvalue weighted by Gasteiger charge is 2.23. The van der Waals surface area contributed by atoms with Crippen molar-refractivity contribution in [2.24, 2.45) is 0 Å². The van der Waals surface area contributed by atoms with Crippen molar-refractivity contribution in [2.45, 2.75) is 39.2 Å². The molecule has 0 atom stereocenters. The zero-order chi connectivity index (χ0) is 16.1. The van der Waals surface area contributed by atoms with Crippen LogP contribution < -0.4 is 10.6 Å². The van der Waals surface area contributed by atoms with E-state index in [9.17, 15) is 9.59 Å². The van der Waals surface area contributed by atoms with Crippen LogP contribution in [0.5, 0.6) is 0 Å². The minimum absolute atomic E-state index is 0. The van der Waals surface area contributed by atoms with Crippen LogP contribution in [0.2, 0.25) is 0 Å². The molecule has 2 rings (SSSR count). The fourth-order valence-corrected chi connectivity index (χ4v) is 2.74. The van der Waals surface area contributed by atoms with E-state index in [0.717, 1.165) is 42.7 Å². The van der Waals surface area contributed by atoms with Gasteiger partial charge in [-0.3, -0.25) is 9.59 Å². The maximum Gasteiger partial charge on any atom is 0.233 e. The summed E-state index contributed by atoms with van der Waals surface area (Å²) in [6.45, 7) is 5.82. The Kier molecular flexibility index (Phi) is 7.52. The van der Waals surface area contributed by atoms with Crippen molar-refractivity contribution in [1.29, 1.82) is 0 Å². The Morgan fingerprint density at radius 2 is 1.91 bits per heavy atom. The van der Waals surface area contributed by atoms with E-state index in [1.807, 2.05) is 32.0 Å². The molecule has 2 amide bonds. The molecule has 2 N–H and O–H groups in total. The van der Waals surface area contributed by atoms with Gasteiger partial charge in [-0.25, -0.2) is 0 Å². The van der Waals surface area contributed by atoms with E-state index in [-0.39, 0.29) is 36.7 Å². The van der Waals surface area contributed by atoms with Gasteiger partial charge < -0.3 is 15.5 Å². The van der Waals surface area contributed by atoms with Crippen LogP contribution in [0, 0.1) is 13.8 Å². The van der Waals surface area contributed by atoms with Crippen molar-refractivity contribution in [1.82, 2.24) is 10.2 Å². The number of aryl methyl sites for hydroxylation is 1. The van der Waals surface area contributed by atoms with Crippen LogP contribution >= 0.6 is 12.4 Å². The Labute approximate surface area is 144 Å². The maximum absolute atomic E-state index is 12.2. The zero-order valence-corrected chi connectivity index (χ0v) is 14.8. The minimum atomic E-state index is -0.250. The summed E-state index contributed by atoms with van der Waals surface area (Å²) in [6, 6.07) is 6.01. The number of rotatable bonds is 4. The number of benzene rings is 1. The van der Waals surface area contributed by atoms with E-state index < -0.39 is 0 Å². The Balaban J connectivity index is 0.00000264. The summed E-state index contributed by atoms with van der Waals surface area (Å²) >= 11 is 0. The number of hydrogen-bond donors (Lipinski definition) is 2. The molecule has 6 heteroatoms. The first-order valence-corrected chi connectivity index (χ1v) is 7.81. The van der Waals surface area contributed by atoms with Crippen molar-refractivity contribution in [2.75, 3.05) is 25.5 Å². The highest BCUT2D eigenvalue weighted by molar-refractivity contribution is 6.03. The van der Waals surface area contributed by atoms with Gasteiger partial charge in [0, 0.05) is 18.8 Å². The summed E-state index contributed by atoms with van der Waals surface area (Å²) in [4.78, 5) is 26.1. The molecule has 0 aliphatic carbocycles. The number of carbonyl (C=O) groups excluding carboxylic acids is 2. The number of carbonyl (C=O) groups is 2. The van der Waals surface area contributed by atoms with E-state index in [0.29, 0.717) is 0 Å². The summed E-state index contributed by atoms with van der Waals surface area (Å²) < 4.78 is 0. The summed E-state index contributed by atoms with van der Waals surface area (Å²) in [5, 5.41) is 6.12. The second kappa shape index (κ2) is 8.89. The predicted molar refractivity (Wildman–Crippen MR) is 95.1 cm³/mol. The molecule has 0 aromatic heterocycles. The summed E-state index contributed by atoms with van der Waals surface area (Å²) in [5.41, 5.74) is 2.94. The van der Waals surface area contributed by atoms with Gasteiger partial charge >= 0.3 is 0 Å². The van der Waals surface area contributed by atoms with Gasteiger partial charge in [0.2, 0.25) is 11.8 Å². The normalized spacial score (nSPS) is 14.7. The third-order valence-corrected chi connectivity index (χ3v) is 4.44. The number of amides is 2. The number of nitrogens with zero attached hydrogens (tertiary/aromatic N) is 1. The first-order chi connectivity index (χ1) is 10.5. The van der Waals surface area contributed by atoms with Crippen LogP contribution in [0.25, 0.3) is 0 Å². The van der Waals surface area contributed by atoms with Gasteiger partial charge in [0.1, 0.15) is 6.42 Å². The van der Waals surface area contributed by atoms with Gasteiger partial charge in [-0.05, 0) is 57.0 Å². The molecule has 128 valence electrons. The van der Waals surface area contributed by atoms with E-state index in [1.54, 1.807) is 11.9 Å². The fourth-order valence-electron chi connectivity index (χ4n) is 2.74. The quantitative estimate of drug-likeness (QED) is 0.827. The molecule has 1 aliphatic heterocycles. The van der Waals surface area contributed by atoms with Gasteiger partial charge in [0.05, 0.1) is 0 Å². The van der Waals surface area contributed by atoms with Gasteiger partial charge in [-0.1, -0.05) is 12.1 Å². The lowest BCUT2D eigenvalue weighted by Gasteiger charge is -2.31. The molecule has 0 saturated carbocycles. The van der Waals surface area contributed by atoms with Crippen molar-refractivity contribution >= 4 is 29.9 Å². The van der Waals surface area contributed by atoms with Gasteiger partial charge in [-0.2, -0.15) is 0 Å². The molecule has 1 saturated heterocycles. The molecular formula is C17H26ClN3O2. The number of hydrogen-bond acceptors (Lipinski definition) is 3. The van der Waals surface area contributed by atoms with E-state index in [2.05, 4.69) is 10.6 Å². The largest absolute Gasteiger partial charge is 0.342 e. The van der Waals surface area contributed by atoms with Crippen LogP contribution in [0.3, 0.4) is 0 Å². The number of anilines is 1. The third-order valence-electron chi connectivity index (χ3n) is 4.44. The highest BCUT2D eigenvalue weighted by Crippen LogP contribution is 2.18. The molecule has 0 bridgehead atoms. The average molecular weight is 340 g/mol. The van der Waals surface area contributed by atoms with Crippen LogP contribution in [-0.2, 0) is 9.59 Å². The van der Waals surface area contributed by atoms with E-state index in [4.69, 9.17) is 0 Å². The lowest BCUT2D eigenvalue weighted by molar-refractivity contribution is -0.135. The maximum atomic E-state index is 12.2. The molecule has 1 fully saturated rings. The smallest absolute Gasteiger partial charge is 0.233 e. The lowest BCUT2D eigenvalue weighted by atomic mass is 10.0. The molecule has 1 heterocycles. The topological polar surface area (TPSA) is 61.4 Å². The monoisotopic (exact) mass is 339 g/mol. The standard InChI is InChI=1S/C17H25N3O2.ClH/c1-12-5-4-6-15(13(12)2)19-16(21)11-17(22)20(3)14-7-9-18-10-8-14;/h4-6,14,18H,7-11H2,1-3H3,(H,19,21);1H. The molecule has 0 spiro atoms. The zero-order valence-electron chi connectivity index (χ0n) is 14.0. The van der Waals surface area contributed by atoms with Crippen molar-refractivity contribution in [3.05, 3.63) is 29.3 Å². The van der Waals surface area contributed by atoms with E-state index >= 15 is 0 Å².